The number of rotatable bonds is 4. The van der Waals surface area contributed by atoms with E-state index in [4.69, 9.17) is 11.6 Å². The molecule has 1 aliphatic carbocycles. The van der Waals surface area contributed by atoms with E-state index in [0.29, 0.717) is 24.2 Å². The smallest absolute Gasteiger partial charge is 0.153 e. The van der Waals surface area contributed by atoms with Crippen molar-refractivity contribution >= 4 is 27.3 Å². The Hall–Kier alpha value is -0.850. The fraction of sp³-hybridized carbons (Fsp3) is 0.615. The van der Waals surface area contributed by atoms with Crippen LogP contribution in [0.5, 0.6) is 0 Å². The number of anilines is 1. The second-order valence-corrected chi connectivity index (χ2v) is 8.14. The lowest BCUT2D eigenvalue weighted by atomic mass is 10.2. The first-order chi connectivity index (χ1) is 9.53. The van der Waals surface area contributed by atoms with Crippen LogP contribution in [0.1, 0.15) is 18.4 Å². The van der Waals surface area contributed by atoms with E-state index in [2.05, 4.69) is 10.3 Å². The molecule has 1 aliphatic heterocycles. The van der Waals surface area contributed by atoms with E-state index in [1.54, 1.807) is 6.20 Å². The van der Waals surface area contributed by atoms with Gasteiger partial charge in [-0.05, 0) is 24.5 Å². The minimum absolute atomic E-state index is 0.201. The Bertz CT molecular complexity index is 588. The van der Waals surface area contributed by atoms with Crippen LogP contribution in [0.15, 0.2) is 12.3 Å². The minimum atomic E-state index is -2.86. The van der Waals surface area contributed by atoms with Gasteiger partial charge in [-0.3, -0.25) is 0 Å². The molecular weight excluding hydrogens is 298 g/mol. The Balaban J connectivity index is 1.71. The number of sulfone groups is 1. The normalized spacial score (nSPS) is 21.9. The number of hydrogen-bond acceptors (Lipinski definition) is 5. The van der Waals surface area contributed by atoms with Gasteiger partial charge in [-0.15, -0.1) is 0 Å². The van der Waals surface area contributed by atoms with Crippen LogP contribution in [0.4, 0.5) is 5.82 Å². The van der Waals surface area contributed by atoms with Crippen molar-refractivity contribution in [3.63, 3.8) is 0 Å². The number of pyridine rings is 1. The van der Waals surface area contributed by atoms with Gasteiger partial charge in [0.2, 0.25) is 0 Å². The fourth-order valence-electron chi connectivity index (χ4n) is 2.26. The summed E-state index contributed by atoms with van der Waals surface area (Å²) in [5.74, 6) is 1.22. The van der Waals surface area contributed by atoms with Crippen molar-refractivity contribution in [2.45, 2.75) is 25.4 Å². The molecule has 1 saturated heterocycles. The van der Waals surface area contributed by atoms with E-state index in [0.717, 1.165) is 17.9 Å². The van der Waals surface area contributed by atoms with Crippen LogP contribution in [0.25, 0.3) is 0 Å². The molecule has 5 nitrogen and oxygen atoms in total. The van der Waals surface area contributed by atoms with Crippen molar-refractivity contribution < 1.29 is 8.42 Å². The maximum Gasteiger partial charge on any atom is 0.153 e. The fourth-order valence-corrected chi connectivity index (χ4v) is 3.63. The zero-order chi connectivity index (χ0) is 14.2. The molecule has 0 atom stereocenters. The SMILES string of the molecule is O=S1(=O)CCN(c2cc(CNC3CC3)c(Cl)cn2)CC1. The highest BCUT2D eigenvalue weighted by Crippen LogP contribution is 2.24. The Morgan fingerprint density at radius 3 is 2.70 bits per heavy atom. The average Bonchev–Trinajstić information content (AvgIpc) is 3.22. The molecule has 2 aliphatic rings. The van der Waals surface area contributed by atoms with Crippen molar-refractivity contribution in [3.8, 4) is 0 Å². The number of hydrogen-bond donors (Lipinski definition) is 1. The number of nitrogens with zero attached hydrogens (tertiary/aromatic N) is 2. The summed E-state index contributed by atoms with van der Waals surface area (Å²) in [5, 5.41) is 4.09. The van der Waals surface area contributed by atoms with Gasteiger partial charge in [0, 0.05) is 31.9 Å². The quantitative estimate of drug-likeness (QED) is 0.905. The summed E-state index contributed by atoms with van der Waals surface area (Å²) in [6, 6.07) is 2.60. The van der Waals surface area contributed by atoms with Gasteiger partial charge in [-0.25, -0.2) is 13.4 Å². The number of aromatic nitrogens is 1. The topological polar surface area (TPSA) is 62.3 Å². The van der Waals surface area contributed by atoms with Gasteiger partial charge in [-0.2, -0.15) is 0 Å². The lowest BCUT2D eigenvalue weighted by molar-refractivity contribution is 0.586. The summed E-state index contributed by atoms with van der Waals surface area (Å²) in [6.45, 7) is 1.75. The summed E-state index contributed by atoms with van der Waals surface area (Å²) >= 11 is 6.17. The molecule has 0 aromatic carbocycles. The molecule has 20 heavy (non-hydrogen) atoms. The van der Waals surface area contributed by atoms with Gasteiger partial charge in [0.05, 0.1) is 16.5 Å². The van der Waals surface area contributed by atoms with E-state index in [-0.39, 0.29) is 11.5 Å². The molecule has 1 saturated carbocycles. The Morgan fingerprint density at radius 2 is 2.05 bits per heavy atom. The third-order valence-electron chi connectivity index (χ3n) is 3.75. The second-order valence-electron chi connectivity index (χ2n) is 5.43. The zero-order valence-electron chi connectivity index (χ0n) is 11.2. The molecule has 1 aromatic rings. The first-order valence-corrected chi connectivity index (χ1v) is 9.07. The second kappa shape index (κ2) is 5.50. The van der Waals surface area contributed by atoms with Gasteiger partial charge < -0.3 is 10.2 Å². The van der Waals surface area contributed by atoms with Crippen molar-refractivity contribution in [3.05, 3.63) is 22.8 Å². The molecule has 0 radical (unpaired) electrons. The molecule has 1 aromatic heterocycles. The molecular formula is C13H18ClN3O2S. The van der Waals surface area contributed by atoms with Gasteiger partial charge in [0.15, 0.2) is 9.84 Å². The maximum absolute atomic E-state index is 11.5. The van der Waals surface area contributed by atoms with Gasteiger partial charge in [-0.1, -0.05) is 11.6 Å². The van der Waals surface area contributed by atoms with E-state index in [1.807, 2.05) is 11.0 Å². The highest BCUT2D eigenvalue weighted by Gasteiger charge is 2.23. The van der Waals surface area contributed by atoms with Gasteiger partial charge >= 0.3 is 0 Å². The highest BCUT2D eigenvalue weighted by molar-refractivity contribution is 7.91. The molecule has 2 fully saturated rings. The largest absolute Gasteiger partial charge is 0.355 e. The van der Waals surface area contributed by atoms with E-state index in [9.17, 15) is 8.42 Å². The van der Waals surface area contributed by atoms with Crippen molar-refractivity contribution in [2.24, 2.45) is 0 Å². The zero-order valence-corrected chi connectivity index (χ0v) is 12.8. The molecule has 2 heterocycles. The molecule has 7 heteroatoms. The minimum Gasteiger partial charge on any atom is -0.355 e. The third-order valence-corrected chi connectivity index (χ3v) is 5.70. The van der Waals surface area contributed by atoms with E-state index >= 15 is 0 Å². The summed E-state index contributed by atoms with van der Waals surface area (Å²) in [6.07, 6.45) is 4.13. The van der Waals surface area contributed by atoms with Gasteiger partial charge in [0.25, 0.3) is 0 Å². The average molecular weight is 316 g/mol. The first-order valence-electron chi connectivity index (χ1n) is 6.87. The van der Waals surface area contributed by atoms with Gasteiger partial charge in [0.1, 0.15) is 5.82 Å². The molecule has 110 valence electrons. The molecule has 0 unspecified atom stereocenters. The highest BCUT2D eigenvalue weighted by atomic mass is 35.5. The Morgan fingerprint density at radius 1 is 1.35 bits per heavy atom. The summed E-state index contributed by atoms with van der Waals surface area (Å²) in [7, 11) is -2.86. The predicted molar refractivity (Wildman–Crippen MR) is 80.0 cm³/mol. The van der Waals surface area contributed by atoms with Crippen molar-refractivity contribution in [1.29, 1.82) is 0 Å². The Labute approximate surface area is 124 Å². The lowest BCUT2D eigenvalue weighted by Gasteiger charge is -2.28. The lowest BCUT2D eigenvalue weighted by Crippen LogP contribution is -2.40. The van der Waals surface area contributed by atoms with Crippen LogP contribution in [0.2, 0.25) is 5.02 Å². The van der Waals surface area contributed by atoms with Crippen molar-refractivity contribution in [2.75, 3.05) is 29.5 Å². The van der Waals surface area contributed by atoms with Crippen LogP contribution in [-0.2, 0) is 16.4 Å². The number of halogens is 1. The van der Waals surface area contributed by atoms with Crippen molar-refractivity contribution in [1.82, 2.24) is 10.3 Å². The molecule has 3 rings (SSSR count). The third kappa shape index (κ3) is 3.42. The molecule has 0 amide bonds. The van der Waals surface area contributed by atoms with E-state index < -0.39 is 9.84 Å². The summed E-state index contributed by atoms with van der Waals surface area (Å²) < 4.78 is 22.9. The summed E-state index contributed by atoms with van der Waals surface area (Å²) in [5.41, 5.74) is 1.02. The predicted octanol–water partition coefficient (Wildman–Crippen LogP) is 1.22. The van der Waals surface area contributed by atoms with Crippen LogP contribution < -0.4 is 10.2 Å². The maximum atomic E-state index is 11.5. The first kappa shape index (κ1) is 14.1. The van der Waals surface area contributed by atoms with Crippen LogP contribution >= 0.6 is 11.6 Å². The van der Waals surface area contributed by atoms with Crippen LogP contribution in [-0.4, -0.2) is 44.0 Å². The summed E-state index contributed by atoms with van der Waals surface area (Å²) in [4.78, 5) is 6.34. The molecule has 0 bridgehead atoms. The van der Waals surface area contributed by atoms with Crippen LogP contribution in [0.3, 0.4) is 0 Å². The standard InChI is InChI=1S/C13H18ClN3O2S/c14-12-9-16-13(7-10(12)8-15-11-1-2-11)17-3-5-20(18,19)6-4-17/h7,9,11,15H,1-6,8H2. The van der Waals surface area contributed by atoms with Crippen LogP contribution in [0, 0.1) is 0 Å². The molecule has 0 spiro atoms. The molecule has 1 N–H and O–H groups in total. The monoisotopic (exact) mass is 315 g/mol. The van der Waals surface area contributed by atoms with E-state index in [1.165, 1.54) is 12.8 Å². The Kier molecular flexibility index (Phi) is 3.88. The number of nitrogens with one attached hydrogen (secondary N) is 1.